The van der Waals surface area contributed by atoms with Crippen molar-refractivity contribution >= 4 is 18.3 Å². The maximum absolute atomic E-state index is 12.3. The zero-order valence-electron chi connectivity index (χ0n) is 23.6. The quantitative estimate of drug-likeness (QED) is 0.224. The minimum absolute atomic E-state index is 0.147. The molecule has 1 rings (SSSR count). The molecule has 11 heteroatoms. The van der Waals surface area contributed by atoms with Crippen LogP contribution in [0.25, 0.3) is 0 Å². The Bertz CT molecular complexity index is 782. The van der Waals surface area contributed by atoms with Crippen molar-refractivity contribution in [2.24, 2.45) is 0 Å². The van der Waals surface area contributed by atoms with Gasteiger partial charge in [-0.3, -0.25) is 0 Å². The average molecular weight is 540 g/mol. The van der Waals surface area contributed by atoms with E-state index in [9.17, 15) is 14.4 Å². The predicted octanol–water partition coefficient (Wildman–Crippen LogP) is 4.14. The fourth-order valence-corrected chi connectivity index (χ4v) is 2.87. The number of rotatable bonds is 15. The van der Waals surface area contributed by atoms with E-state index in [0.29, 0.717) is 39.1 Å². The van der Waals surface area contributed by atoms with E-state index >= 15 is 0 Å². The third kappa shape index (κ3) is 19.1. The van der Waals surface area contributed by atoms with E-state index in [2.05, 4.69) is 16.0 Å². The van der Waals surface area contributed by atoms with Crippen molar-refractivity contribution in [1.82, 2.24) is 16.0 Å². The zero-order chi connectivity index (χ0) is 28.4. The molecule has 11 nitrogen and oxygen atoms in total. The van der Waals surface area contributed by atoms with Crippen LogP contribution in [-0.4, -0.2) is 75.0 Å². The Morgan fingerprint density at radius 3 is 1.66 bits per heavy atom. The Morgan fingerprint density at radius 2 is 1.21 bits per heavy atom. The second-order valence-corrected chi connectivity index (χ2v) is 10.6. The minimum atomic E-state index is -0.579. The fourth-order valence-electron chi connectivity index (χ4n) is 2.87. The van der Waals surface area contributed by atoms with Crippen LogP contribution < -0.4 is 16.0 Å². The molecule has 0 radical (unpaired) electrons. The first-order chi connectivity index (χ1) is 17.8. The average Bonchev–Trinajstić information content (AvgIpc) is 2.80. The number of alkyl carbamates (subject to hydrolysis) is 3. The summed E-state index contributed by atoms with van der Waals surface area (Å²) in [5.41, 5.74) is -0.234. The summed E-state index contributed by atoms with van der Waals surface area (Å²) in [6.45, 7) is 12.9. The Hall–Kier alpha value is -3.05. The highest BCUT2D eigenvalue weighted by Gasteiger charge is 2.17. The van der Waals surface area contributed by atoms with Crippen LogP contribution in [0.1, 0.15) is 59.9 Å². The van der Waals surface area contributed by atoms with Gasteiger partial charge in [-0.15, -0.1) is 0 Å². The summed E-state index contributed by atoms with van der Waals surface area (Å²) in [4.78, 5) is 35.7. The SMILES string of the molecule is CC(C)(C)OC(=O)NCCCOCC(COCCCNC(=O)OC(C)(C)C)NC(=O)OCc1ccccc1. The van der Waals surface area contributed by atoms with E-state index in [1.54, 1.807) is 41.5 Å². The molecule has 0 saturated heterocycles. The third-order valence-electron chi connectivity index (χ3n) is 4.44. The molecule has 0 aliphatic rings. The summed E-state index contributed by atoms with van der Waals surface area (Å²) < 4.78 is 27.0. The summed E-state index contributed by atoms with van der Waals surface area (Å²) >= 11 is 0. The van der Waals surface area contributed by atoms with Crippen LogP contribution in [0.3, 0.4) is 0 Å². The summed E-state index contributed by atoms with van der Waals surface area (Å²) in [6, 6.07) is 8.92. The van der Waals surface area contributed by atoms with Crippen molar-refractivity contribution in [3.8, 4) is 0 Å². The minimum Gasteiger partial charge on any atom is -0.445 e. The van der Waals surface area contributed by atoms with Crippen LogP contribution in [0.5, 0.6) is 0 Å². The first-order valence-corrected chi connectivity index (χ1v) is 12.9. The highest BCUT2D eigenvalue weighted by molar-refractivity contribution is 5.68. The summed E-state index contributed by atoms with van der Waals surface area (Å²) in [5, 5.41) is 8.11. The molecular weight excluding hydrogens is 494 g/mol. The Balaban J connectivity index is 2.37. The largest absolute Gasteiger partial charge is 0.445 e. The number of carbonyl (C=O) groups excluding carboxylic acids is 3. The first-order valence-electron chi connectivity index (χ1n) is 12.9. The number of carbonyl (C=O) groups is 3. The topological polar surface area (TPSA) is 133 Å². The van der Waals surface area contributed by atoms with E-state index in [-0.39, 0.29) is 19.8 Å². The second-order valence-electron chi connectivity index (χ2n) is 10.6. The van der Waals surface area contributed by atoms with Crippen molar-refractivity contribution in [3.63, 3.8) is 0 Å². The molecule has 3 N–H and O–H groups in total. The lowest BCUT2D eigenvalue weighted by Crippen LogP contribution is -2.42. The van der Waals surface area contributed by atoms with Crippen LogP contribution in [0.4, 0.5) is 14.4 Å². The lowest BCUT2D eigenvalue weighted by atomic mass is 10.2. The Morgan fingerprint density at radius 1 is 0.737 bits per heavy atom. The fraction of sp³-hybridized carbons (Fsp3) is 0.667. The van der Waals surface area contributed by atoms with Gasteiger partial charge in [-0.05, 0) is 59.9 Å². The normalized spacial score (nSPS) is 11.6. The van der Waals surface area contributed by atoms with E-state index < -0.39 is 35.5 Å². The van der Waals surface area contributed by atoms with Gasteiger partial charge in [-0.2, -0.15) is 0 Å². The molecule has 0 heterocycles. The molecule has 216 valence electrons. The van der Waals surface area contributed by atoms with E-state index in [4.69, 9.17) is 23.7 Å². The number of ether oxygens (including phenoxy) is 5. The van der Waals surface area contributed by atoms with E-state index in [1.807, 2.05) is 30.3 Å². The van der Waals surface area contributed by atoms with Crippen molar-refractivity contribution in [2.45, 2.75) is 78.2 Å². The monoisotopic (exact) mass is 539 g/mol. The molecule has 0 aliphatic heterocycles. The molecule has 38 heavy (non-hydrogen) atoms. The Labute approximate surface area is 226 Å². The van der Waals surface area contributed by atoms with Crippen LogP contribution >= 0.6 is 0 Å². The molecule has 0 bridgehead atoms. The molecule has 0 saturated carbocycles. The molecule has 0 unspecified atom stereocenters. The summed E-state index contributed by atoms with van der Waals surface area (Å²) in [6.07, 6.45) is -0.395. The number of hydrogen-bond donors (Lipinski definition) is 3. The maximum Gasteiger partial charge on any atom is 0.407 e. The van der Waals surface area contributed by atoms with Crippen molar-refractivity contribution < 1.29 is 38.1 Å². The molecule has 0 aromatic heterocycles. The molecule has 0 atom stereocenters. The summed E-state index contributed by atoms with van der Waals surface area (Å²) in [5.74, 6) is 0. The molecular formula is C27H45N3O8. The van der Waals surface area contributed by atoms with Crippen LogP contribution in [0.15, 0.2) is 30.3 Å². The van der Waals surface area contributed by atoms with Gasteiger partial charge >= 0.3 is 18.3 Å². The zero-order valence-corrected chi connectivity index (χ0v) is 23.6. The molecule has 1 aromatic rings. The number of amides is 3. The van der Waals surface area contributed by atoms with Gasteiger partial charge in [-0.1, -0.05) is 30.3 Å². The van der Waals surface area contributed by atoms with Gasteiger partial charge in [0, 0.05) is 26.3 Å². The van der Waals surface area contributed by atoms with Gasteiger partial charge < -0.3 is 39.6 Å². The van der Waals surface area contributed by atoms with Crippen LogP contribution in [0, 0.1) is 0 Å². The number of hydrogen-bond acceptors (Lipinski definition) is 8. The maximum atomic E-state index is 12.3. The molecule has 3 amide bonds. The van der Waals surface area contributed by atoms with Gasteiger partial charge in [-0.25, -0.2) is 14.4 Å². The lowest BCUT2D eigenvalue weighted by Gasteiger charge is -2.20. The smallest absolute Gasteiger partial charge is 0.407 e. The lowest BCUT2D eigenvalue weighted by molar-refractivity contribution is 0.0444. The van der Waals surface area contributed by atoms with Gasteiger partial charge in [0.2, 0.25) is 0 Å². The van der Waals surface area contributed by atoms with Gasteiger partial charge in [0.1, 0.15) is 17.8 Å². The van der Waals surface area contributed by atoms with Gasteiger partial charge in [0.25, 0.3) is 0 Å². The highest BCUT2D eigenvalue weighted by Crippen LogP contribution is 2.07. The predicted molar refractivity (Wildman–Crippen MR) is 143 cm³/mol. The van der Waals surface area contributed by atoms with Crippen LogP contribution in [-0.2, 0) is 30.3 Å². The first kappa shape index (κ1) is 33.0. The molecule has 1 aromatic carbocycles. The van der Waals surface area contributed by atoms with Gasteiger partial charge in [0.15, 0.2) is 0 Å². The van der Waals surface area contributed by atoms with Gasteiger partial charge in [0.05, 0.1) is 19.3 Å². The van der Waals surface area contributed by atoms with Crippen molar-refractivity contribution in [1.29, 1.82) is 0 Å². The van der Waals surface area contributed by atoms with Crippen LogP contribution in [0.2, 0.25) is 0 Å². The molecule has 0 aliphatic carbocycles. The standard InChI is InChI=1S/C27H45N3O8/c1-26(2,3)37-23(31)28-14-10-16-34-19-22(30-25(33)36-18-21-12-8-7-9-13-21)20-35-17-11-15-29-24(32)38-27(4,5)6/h7-9,12-13,22H,10-11,14-20H2,1-6H3,(H,28,31)(H,29,32)(H,30,33). The van der Waals surface area contributed by atoms with E-state index in [0.717, 1.165) is 5.56 Å². The van der Waals surface area contributed by atoms with Crippen molar-refractivity contribution in [2.75, 3.05) is 39.5 Å². The third-order valence-corrected chi connectivity index (χ3v) is 4.44. The van der Waals surface area contributed by atoms with Crippen molar-refractivity contribution in [3.05, 3.63) is 35.9 Å². The summed E-state index contributed by atoms with van der Waals surface area (Å²) in [7, 11) is 0. The molecule has 0 fully saturated rings. The highest BCUT2D eigenvalue weighted by atomic mass is 16.6. The number of benzene rings is 1. The second kappa shape index (κ2) is 17.5. The van der Waals surface area contributed by atoms with E-state index in [1.165, 1.54) is 0 Å². The Kier molecular flexibility index (Phi) is 15.2. The molecule has 0 spiro atoms. The number of nitrogens with one attached hydrogen (secondary N) is 3.